The minimum Gasteiger partial charge on any atom is -0.355 e. The number of carbonyl (C=O) groups excluding carboxylic acids is 2. The van der Waals surface area contributed by atoms with Gasteiger partial charge in [0.15, 0.2) is 0 Å². The fourth-order valence-corrected chi connectivity index (χ4v) is 5.24. The van der Waals surface area contributed by atoms with E-state index < -0.39 is 28.5 Å². The lowest BCUT2D eigenvalue weighted by Crippen LogP contribution is -2.53. The molecule has 0 spiro atoms. The molecule has 0 aliphatic carbocycles. The molecule has 3 aromatic carbocycles. The Morgan fingerprint density at radius 3 is 2.14 bits per heavy atom. The van der Waals surface area contributed by atoms with Crippen molar-refractivity contribution in [2.75, 3.05) is 23.7 Å². The molecular formula is C28H32BrN3O4S. The normalized spacial score (nSPS) is 12.0. The Kier molecular flexibility index (Phi) is 9.88. The van der Waals surface area contributed by atoms with Crippen LogP contribution < -0.4 is 9.62 Å². The maximum atomic E-state index is 13.9. The highest BCUT2D eigenvalue weighted by Crippen LogP contribution is 2.23. The number of nitrogens with zero attached hydrogens (tertiary/aromatic N) is 2. The van der Waals surface area contributed by atoms with Crippen LogP contribution >= 0.6 is 15.9 Å². The van der Waals surface area contributed by atoms with Crippen molar-refractivity contribution < 1.29 is 18.0 Å². The molecule has 0 bridgehead atoms. The lowest BCUT2D eigenvalue weighted by Gasteiger charge is -2.33. The number of nitrogens with one attached hydrogen (secondary N) is 1. The molecule has 0 heterocycles. The summed E-state index contributed by atoms with van der Waals surface area (Å²) in [7, 11) is -3.78. The summed E-state index contributed by atoms with van der Waals surface area (Å²) >= 11 is 3.43. The molecule has 0 saturated heterocycles. The topological polar surface area (TPSA) is 86.8 Å². The number of rotatable bonds is 11. The SMILES string of the molecule is CCNC(=O)C(Cc1ccccc1)N(Cc1ccc(Br)cc1)C(=O)CN(c1ccccc1C)S(C)(=O)=O. The van der Waals surface area contributed by atoms with E-state index in [0.717, 1.165) is 31.7 Å². The lowest BCUT2D eigenvalue weighted by molar-refractivity contribution is -0.140. The van der Waals surface area contributed by atoms with E-state index in [0.29, 0.717) is 12.2 Å². The first-order valence-corrected chi connectivity index (χ1v) is 14.6. The minimum atomic E-state index is -3.78. The Morgan fingerprint density at radius 1 is 0.919 bits per heavy atom. The maximum Gasteiger partial charge on any atom is 0.244 e. The fraction of sp³-hybridized carbons (Fsp3) is 0.286. The van der Waals surface area contributed by atoms with Gasteiger partial charge in [0.25, 0.3) is 0 Å². The van der Waals surface area contributed by atoms with Gasteiger partial charge in [0.1, 0.15) is 12.6 Å². The van der Waals surface area contributed by atoms with Crippen molar-refractivity contribution in [3.63, 3.8) is 0 Å². The molecule has 1 unspecified atom stereocenters. The van der Waals surface area contributed by atoms with Gasteiger partial charge < -0.3 is 10.2 Å². The number of carbonyl (C=O) groups is 2. The fourth-order valence-electron chi connectivity index (χ4n) is 4.07. The molecule has 7 nitrogen and oxygen atoms in total. The number of para-hydroxylation sites is 1. The Hall–Kier alpha value is -3.17. The van der Waals surface area contributed by atoms with Crippen LogP contribution in [0, 0.1) is 6.92 Å². The summed E-state index contributed by atoms with van der Waals surface area (Å²) in [5.41, 5.74) is 2.87. The second kappa shape index (κ2) is 12.9. The quantitative estimate of drug-likeness (QED) is 0.363. The van der Waals surface area contributed by atoms with E-state index in [9.17, 15) is 18.0 Å². The molecular weight excluding hydrogens is 554 g/mol. The van der Waals surface area contributed by atoms with Crippen molar-refractivity contribution in [1.29, 1.82) is 0 Å². The number of hydrogen-bond donors (Lipinski definition) is 1. The molecule has 1 atom stereocenters. The molecule has 0 fully saturated rings. The molecule has 1 N–H and O–H groups in total. The molecule has 3 rings (SSSR count). The third-order valence-electron chi connectivity index (χ3n) is 5.95. The highest BCUT2D eigenvalue weighted by atomic mass is 79.9. The molecule has 9 heteroatoms. The minimum absolute atomic E-state index is 0.145. The average Bonchev–Trinajstić information content (AvgIpc) is 2.86. The van der Waals surface area contributed by atoms with Gasteiger partial charge in [0.2, 0.25) is 21.8 Å². The number of likely N-dealkylation sites (N-methyl/N-ethyl adjacent to an activating group) is 1. The van der Waals surface area contributed by atoms with Crippen molar-refractivity contribution in [2.45, 2.75) is 32.9 Å². The number of benzene rings is 3. The standard InChI is InChI=1S/C28H32BrN3O4S/c1-4-30-28(34)26(18-22-11-6-5-7-12-22)31(19-23-14-16-24(29)17-15-23)27(33)20-32(37(3,35)36)25-13-9-8-10-21(25)2/h5-17,26H,4,18-20H2,1-3H3,(H,30,34). The van der Waals surface area contributed by atoms with E-state index in [1.807, 2.05) is 67.6 Å². The Morgan fingerprint density at radius 2 is 1.54 bits per heavy atom. The van der Waals surface area contributed by atoms with Crippen LogP contribution in [0.5, 0.6) is 0 Å². The van der Waals surface area contributed by atoms with Gasteiger partial charge in [-0.05, 0) is 48.7 Å². The van der Waals surface area contributed by atoms with Gasteiger partial charge in [-0.1, -0.05) is 76.6 Å². The maximum absolute atomic E-state index is 13.9. The number of halogens is 1. The van der Waals surface area contributed by atoms with E-state index in [-0.39, 0.29) is 18.9 Å². The van der Waals surface area contributed by atoms with Crippen LogP contribution in [0.2, 0.25) is 0 Å². The van der Waals surface area contributed by atoms with Crippen molar-refractivity contribution in [3.05, 3.63) is 100 Å². The zero-order valence-electron chi connectivity index (χ0n) is 21.2. The van der Waals surface area contributed by atoms with Gasteiger partial charge in [0.05, 0.1) is 11.9 Å². The smallest absolute Gasteiger partial charge is 0.244 e. The first kappa shape index (κ1) is 28.4. The van der Waals surface area contributed by atoms with E-state index in [1.54, 1.807) is 25.1 Å². The number of sulfonamides is 1. The highest BCUT2D eigenvalue weighted by molar-refractivity contribution is 9.10. The molecule has 0 aliphatic rings. The zero-order valence-corrected chi connectivity index (χ0v) is 23.6. The summed E-state index contributed by atoms with van der Waals surface area (Å²) in [6, 6.07) is 23.1. The van der Waals surface area contributed by atoms with Gasteiger partial charge in [0, 0.05) is 24.0 Å². The molecule has 0 aliphatic heterocycles. The van der Waals surface area contributed by atoms with Crippen LogP contribution in [0.4, 0.5) is 5.69 Å². The predicted octanol–water partition coefficient (Wildman–Crippen LogP) is 4.30. The molecule has 0 aromatic heterocycles. The van der Waals surface area contributed by atoms with E-state index in [4.69, 9.17) is 0 Å². The lowest BCUT2D eigenvalue weighted by atomic mass is 10.0. The average molecular weight is 587 g/mol. The molecule has 196 valence electrons. The second-order valence-electron chi connectivity index (χ2n) is 8.80. The van der Waals surface area contributed by atoms with Crippen molar-refractivity contribution in [2.24, 2.45) is 0 Å². The Labute approximate surface area is 227 Å². The zero-order chi connectivity index (χ0) is 27.0. The van der Waals surface area contributed by atoms with Gasteiger partial charge in [-0.15, -0.1) is 0 Å². The van der Waals surface area contributed by atoms with E-state index in [1.165, 1.54) is 4.90 Å². The molecule has 0 saturated carbocycles. The van der Waals surface area contributed by atoms with Crippen LogP contribution in [0.15, 0.2) is 83.3 Å². The monoisotopic (exact) mass is 585 g/mol. The van der Waals surface area contributed by atoms with E-state index in [2.05, 4.69) is 21.2 Å². The van der Waals surface area contributed by atoms with Gasteiger partial charge in [-0.3, -0.25) is 13.9 Å². The summed E-state index contributed by atoms with van der Waals surface area (Å²) in [6.07, 6.45) is 1.37. The van der Waals surface area contributed by atoms with Crippen molar-refractivity contribution in [3.8, 4) is 0 Å². The van der Waals surface area contributed by atoms with Gasteiger partial charge >= 0.3 is 0 Å². The van der Waals surface area contributed by atoms with Gasteiger partial charge in [-0.2, -0.15) is 0 Å². The third kappa shape index (κ3) is 7.90. The Balaban J connectivity index is 2.04. The Bertz CT molecular complexity index is 1310. The van der Waals surface area contributed by atoms with Gasteiger partial charge in [-0.25, -0.2) is 8.42 Å². The third-order valence-corrected chi connectivity index (χ3v) is 7.61. The predicted molar refractivity (Wildman–Crippen MR) is 151 cm³/mol. The largest absolute Gasteiger partial charge is 0.355 e. The number of hydrogen-bond acceptors (Lipinski definition) is 4. The highest BCUT2D eigenvalue weighted by Gasteiger charge is 2.33. The number of aryl methyl sites for hydroxylation is 1. The number of anilines is 1. The first-order valence-electron chi connectivity index (χ1n) is 12.0. The molecule has 37 heavy (non-hydrogen) atoms. The van der Waals surface area contributed by atoms with Crippen LogP contribution in [-0.2, 0) is 32.6 Å². The summed E-state index contributed by atoms with van der Waals surface area (Å²) in [5, 5.41) is 2.85. The van der Waals surface area contributed by atoms with Crippen molar-refractivity contribution >= 4 is 43.5 Å². The summed E-state index contributed by atoms with van der Waals surface area (Å²) in [4.78, 5) is 28.7. The molecule has 3 aromatic rings. The van der Waals surface area contributed by atoms with Crippen LogP contribution in [0.1, 0.15) is 23.6 Å². The van der Waals surface area contributed by atoms with Crippen molar-refractivity contribution in [1.82, 2.24) is 10.2 Å². The van der Waals surface area contributed by atoms with Crippen LogP contribution in [0.25, 0.3) is 0 Å². The summed E-state index contributed by atoms with van der Waals surface area (Å²) in [5.74, 6) is -0.762. The van der Waals surface area contributed by atoms with Crippen LogP contribution in [-0.4, -0.2) is 50.5 Å². The first-order chi connectivity index (χ1) is 17.6. The second-order valence-corrected chi connectivity index (χ2v) is 11.6. The van der Waals surface area contributed by atoms with E-state index >= 15 is 0 Å². The summed E-state index contributed by atoms with van der Waals surface area (Å²) in [6.45, 7) is 3.74. The number of amides is 2. The molecule has 0 radical (unpaired) electrons. The summed E-state index contributed by atoms with van der Waals surface area (Å²) < 4.78 is 27.6. The van der Waals surface area contributed by atoms with Crippen LogP contribution in [0.3, 0.4) is 0 Å². The molecule has 2 amide bonds.